The van der Waals surface area contributed by atoms with Gasteiger partial charge in [0.25, 0.3) is 5.91 Å². The van der Waals surface area contributed by atoms with E-state index in [0.717, 1.165) is 17.9 Å². The third-order valence-corrected chi connectivity index (χ3v) is 5.96. The molecule has 3 heterocycles. The Morgan fingerprint density at radius 1 is 1.18 bits per heavy atom. The number of aromatic nitrogens is 4. The Kier molecular flexibility index (Phi) is 6.67. The summed E-state index contributed by atoms with van der Waals surface area (Å²) in [5.41, 5.74) is 2.75. The van der Waals surface area contributed by atoms with Gasteiger partial charge in [-0.25, -0.2) is 9.97 Å². The molecule has 0 saturated carbocycles. The first-order valence-electron chi connectivity index (χ1n) is 11.0. The van der Waals surface area contributed by atoms with Crippen LogP contribution in [-0.4, -0.2) is 56.7 Å². The van der Waals surface area contributed by atoms with E-state index in [1.165, 1.54) is 0 Å². The topological polar surface area (TPSA) is 102 Å². The van der Waals surface area contributed by atoms with Crippen LogP contribution in [0, 0.1) is 13.8 Å². The molecule has 1 unspecified atom stereocenters. The van der Waals surface area contributed by atoms with E-state index < -0.39 is 0 Å². The maximum absolute atomic E-state index is 12.7. The van der Waals surface area contributed by atoms with Gasteiger partial charge in [0.2, 0.25) is 5.91 Å². The van der Waals surface area contributed by atoms with Gasteiger partial charge < -0.3 is 15.0 Å². The summed E-state index contributed by atoms with van der Waals surface area (Å²) in [6.45, 7) is 5.63. The number of likely N-dealkylation sites (tertiary alicyclic amines) is 1. The Morgan fingerprint density at radius 2 is 1.97 bits per heavy atom. The third kappa shape index (κ3) is 5.19. The van der Waals surface area contributed by atoms with Crippen molar-refractivity contribution in [3.05, 3.63) is 65.5 Å². The molecule has 1 aliphatic rings. The van der Waals surface area contributed by atoms with Crippen LogP contribution in [0.1, 0.15) is 46.3 Å². The number of carbonyl (C=O) groups excluding carboxylic acids is 2. The Morgan fingerprint density at radius 3 is 2.64 bits per heavy atom. The molecule has 2 amide bonds. The fraction of sp³-hybridized carbons (Fsp3) is 0.375. The van der Waals surface area contributed by atoms with Crippen LogP contribution in [0.2, 0.25) is 0 Å². The van der Waals surface area contributed by atoms with Crippen molar-refractivity contribution in [2.75, 3.05) is 25.5 Å². The summed E-state index contributed by atoms with van der Waals surface area (Å²) in [6.07, 6.45) is 4.54. The van der Waals surface area contributed by atoms with E-state index in [9.17, 15) is 9.59 Å². The number of methoxy groups -OCH3 is 1. The van der Waals surface area contributed by atoms with Crippen LogP contribution in [0.4, 0.5) is 5.69 Å². The van der Waals surface area contributed by atoms with Crippen LogP contribution < -0.4 is 10.1 Å². The number of nitrogens with one attached hydrogen (secondary N) is 1. The van der Waals surface area contributed by atoms with E-state index in [1.807, 2.05) is 22.6 Å². The number of carbonyl (C=O) groups is 2. The minimum atomic E-state index is -0.263. The van der Waals surface area contributed by atoms with Crippen molar-refractivity contribution < 1.29 is 14.3 Å². The molecule has 0 radical (unpaired) electrons. The SMILES string of the molecule is COc1ccc(NC(=O)c2cnc(C3CCN(C(=O)CCn4nccc4C)C3)nc2C)cc1. The van der Waals surface area contributed by atoms with Gasteiger partial charge in [-0.2, -0.15) is 5.10 Å². The zero-order valence-corrected chi connectivity index (χ0v) is 19.1. The Hall–Kier alpha value is -3.75. The predicted molar refractivity (Wildman–Crippen MR) is 123 cm³/mol. The second-order valence-electron chi connectivity index (χ2n) is 8.18. The number of nitrogens with zero attached hydrogens (tertiary/aromatic N) is 5. The van der Waals surface area contributed by atoms with Crippen molar-refractivity contribution in [2.24, 2.45) is 0 Å². The lowest BCUT2D eigenvalue weighted by molar-refractivity contribution is -0.130. The lowest BCUT2D eigenvalue weighted by atomic mass is 10.1. The van der Waals surface area contributed by atoms with Gasteiger partial charge in [-0.1, -0.05) is 0 Å². The average Bonchev–Trinajstić information content (AvgIpc) is 3.47. The maximum atomic E-state index is 12.7. The van der Waals surface area contributed by atoms with Crippen molar-refractivity contribution in [2.45, 2.75) is 39.2 Å². The van der Waals surface area contributed by atoms with Crippen molar-refractivity contribution >= 4 is 17.5 Å². The Balaban J connectivity index is 1.35. The number of benzene rings is 1. The fourth-order valence-electron chi connectivity index (χ4n) is 3.97. The molecular formula is C24H28N6O3. The first-order chi connectivity index (χ1) is 15.9. The van der Waals surface area contributed by atoms with Crippen LogP contribution in [-0.2, 0) is 11.3 Å². The number of hydrogen-bond donors (Lipinski definition) is 1. The molecule has 1 N–H and O–H groups in total. The standard InChI is InChI=1S/C24H28N6O3/c1-16-8-11-26-30(16)13-10-22(31)29-12-9-18(15-29)23-25-14-21(17(2)27-23)24(32)28-19-4-6-20(33-3)7-5-19/h4-8,11,14,18H,9-10,12-13,15H2,1-3H3,(H,28,32). The summed E-state index contributed by atoms with van der Waals surface area (Å²) in [7, 11) is 1.59. The van der Waals surface area contributed by atoms with Crippen LogP contribution in [0.15, 0.2) is 42.7 Å². The molecule has 1 aromatic carbocycles. The zero-order chi connectivity index (χ0) is 23.4. The van der Waals surface area contributed by atoms with Gasteiger partial charge in [-0.3, -0.25) is 14.3 Å². The quantitative estimate of drug-likeness (QED) is 0.596. The highest BCUT2D eigenvalue weighted by molar-refractivity contribution is 6.04. The first-order valence-corrected chi connectivity index (χ1v) is 11.0. The van der Waals surface area contributed by atoms with Crippen molar-refractivity contribution in [1.29, 1.82) is 0 Å². The first kappa shape index (κ1) is 22.4. The zero-order valence-electron chi connectivity index (χ0n) is 19.1. The largest absolute Gasteiger partial charge is 0.497 e. The van der Waals surface area contributed by atoms with Gasteiger partial charge in [0.05, 0.1) is 18.4 Å². The fourth-order valence-corrected chi connectivity index (χ4v) is 3.97. The number of ether oxygens (including phenoxy) is 1. The normalized spacial score (nSPS) is 15.5. The summed E-state index contributed by atoms with van der Waals surface area (Å²) in [4.78, 5) is 36.2. The third-order valence-electron chi connectivity index (χ3n) is 5.96. The van der Waals surface area contributed by atoms with E-state index in [4.69, 9.17) is 4.74 Å². The number of amides is 2. The molecule has 172 valence electrons. The molecule has 1 atom stereocenters. The second-order valence-corrected chi connectivity index (χ2v) is 8.18. The molecule has 3 aromatic rings. The van der Waals surface area contributed by atoms with Crippen molar-refractivity contribution in [3.8, 4) is 5.75 Å². The number of anilines is 1. The van der Waals surface area contributed by atoms with Gasteiger partial charge >= 0.3 is 0 Å². The minimum Gasteiger partial charge on any atom is -0.497 e. The molecule has 9 nitrogen and oxygen atoms in total. The Labute approximate surface area is 192 Å². The van der Waals surface area contributed by atoms with E-state index in [1.54, 1.807) is 50.7 Å². The predicted octanol–water partition coefficient (Wildman–Crippen LogP) is 2.96. The lowest BCUT2D eigenvalue weighted by Gasteiger charge is -2.17. The van der Waals surface area contributed by atoms with Crippen molar-refractivity contribution in [3.63, 3.8) is 0 Å². The molecule has 9 heteroatoms. The summed E-state index contributed by atoms with van der Waals surface area (Å²) in [5, 5.41) is 7.09. The molecular weight excluding hydrogens is 420 g/mol. The van der Waals surface area contributed by atoms with Gasteiger partial charge in [-0.05, 0) is 50.6 Å². The molecule has 33 heavy (non-hydrogen) atoms. The Bertz CT molecular complexity index is 1140. The number of aryl methyl sites for hydroxylation is 3. The van der Waals surface area contributed by atoms with Gasteiger partial charge in [0.15, 0.2) is 0 Å². The van der Waals surface area contributed by atoms with Crippen LogP contribution in [0.25, 0.3) is 0 Å². The maximum Gasteiger partial charge on any atom is 0.259 e. The number of hydrogen-bond acceptors (Lipinski definition) is 6. The molecule has 1 aliphatic heterocycles. The monoisotopic (exact) mass is 448 g/mol. The second kappa shape index (κ2) is 9.81. The smallest absolute Gasteiger partial charge is 0.259 e. The summed E-state index contributed by atoms with van der Waals surface area (Å²) in [6, 6.07) is 9.05. The summed E-state index contributed by atoms with van der Waals surface area (Å²) < 4.78 is 6.98. The van der Waals surface area contributed by atoms with E-state index in [0.29, 0.717) is 48.8 Å². The van der Waals surface area contributed by atoms with Crippen LogP contribution in [0.3, 0.4) is 0 Å². The highest BCUT2D eigenvalue weighted by Crippen LogP contribution is 2.26. The molecule has 2 aromatic heterocycles. The highest BCUT2D eigenvalue weighted by Gasteiger charge is 2.29. The minimum absolute atomic E-state index is 0.0674. The van der Waals surface area contributed by atoms with E-state index >= 15 is 0 Å². The number of rotatable bonds is 7. The summed E-state index contributed by atoms with van der Waals surface area (Å²) in [5.74, 6) is 1.31. The van der Waals surface area contributed by atoms with Crippen molar-refractivity contribution in [1.82, 2.24) is 24.6 Å². The van der Waals surface area contributed by atoms with Gasteiger partial charge in [-0.15, -0.1) is 0 Å². The average molecular weight is 449 g/mol. The molecule has 1 fully saturated rings. The molecule has 0 spiro atoms. The highest BCUT2D eigenvalue weighted by atomic mass is 16.5. The lowest BCUT2D eigenvalue weighted by Crippen LogP contribution is -2.29. The van der Waals surface area contributed by atoms with Crippen LogP contribution in [0.5, 0.6) is 5.75 Å². The van der Waals surface area contributed by atoms with E-state index in [2.05, 4.69) is 20.4 Å². The molecule has 0 aliphatic carbocycles. The van der Waals surface area contributed by atoms with Gasteiger partial charge in [0.1, 0.15) is 11.6 Å². The molecule has 1 saturated heterocycles. The molecule has 0 bridgehead atoms. The van der Waals surface area contributed by atoms with E-state index in [-0.39, 0.29) is 17.7 Å². The van der Waals surface area contributed by atoms with Gasteiger partial charge in [0, 0.05) is 55.7 Å². The van der Waals surface area contributed by atoms with Crippen LogP contribution >= 0.6 is 0 Å². The molecule has 4 rings (SSSR count). The summed E-state index contributed by atoms with van der Waals surface area (Å²) >= 11 is 0.